The molecule has 0 aliphatic heterocycles. The Morgan fingerprint density at radius 1 is 1.53 bits per heavy atom. The van der Waals surface area contributed by atoms with E-state index in [1.807, 2.05) is 6.08 Å². The van der Waals surface area contributed by atoms with Gasteiger partial charge in [-0.1, -0.05) is 26.8 Å². The Labute approximate surface area is 104 Å². The van der Waals surface area contributed by atoms with Crippen molar-refractivity contribution in [3.05, 3.63) is 36.3 Å². The highest BCUT2D eigenvalue weighted by Gasteiger charge is 2.09. The first-order valence-corrected chi connectivity index (χ1v) is 6.29. The van der Waals surface area contributed by atoms with Crippen LogP contribution in [0.2, 0.25) is 0 Å². The summed E-state index contributed by atoms with van der Waals surface area (Å²) in [5.74, 6) is 1.04. The van der Waals surface area contributed by atoms with E-state index in [0.29, 0.717) is 6.04 Å². The van der Waals surface area contributed by atoms with Crippen LogP contribution in [0, 0.1) is 0 Å². The molecule has 1 N–H and O–H groups in total. The van der Waals surface area contributed by atoms with E-state index >= 15 is 0 Å². The Hall–Kier alpha value is -1.06. The van der Waals surface area contributed by atoms with E-state index in [1.54, 1.807) is 6.26 Å². The van der Waals surface area contributed by atoms with Gasteiger partial charge in [-0.3, -0.25) is 4.90 Å². The normalized spacial score (nSPS) is 11.4. The number of hydrogen-bond acceptors (Lipinski definition) is 3. The fraction of sp³-hybridized carbons (Fsp3) is 0.571. The molecule has 0 amide bonds. The van der Waals surface area contributed by atoms with Crippen LogP contribution in [0.15, 0.2) is 29.4 Å². The molecule has 0 saturated carbocycles. The van der Waals surface area contributed by atoms with Gasteiger partial charge in [-0.2, -0.15) is 0 Å². The largest absolute Gasteiger partial charge is 0.468 e. The summed E-state index contributed by atoms with van der Waals surface area (Å²) < 4.78 is 5.52. The Morgan fingerprint density at radius 2 is 2.29 bits per heavy atom. The van der Waals surface area contributed by atoms with Gasteiger partial charge in [0.15, 0.2) is 0 Å². The fourth-order valence-electron chi connectivity index (χ4n) is 1.69. The van der Waals surface area contributed by atoms with Crippen LogP contribution < -0.4 is 5.32 Å². The summed E-state index contributed by atoms with van der Waals surface area (Å²) in [6.45, 7) is 13.9. The summed E-state index contributed by atoms with van der Waals surface area (Å²) in [6, 6.07) is 2.53. The maximum absolute atomic E-state index is 5.52. The van der Waals surface area contributed by atoms with Gasteiger partial charge in [0.1, 0.15) is 5.76 Å². The van der Waals surface area contributed by atoms with Crippen molar-refractivity contribution in [2.75, 3.05) is 13.1 Å². The van der Waals surface area contributed by atoms with Gasteiger partial charge < -0.3 is 9.73 Å². The Balaban J connectivity index is 2.57. The Morgan fingerprint density at radius 3 is 2.88 bits per heavy atom. The van der Waals surface area contributed by atoms with Crippen molar-refractivity contribution >= 4 is 0 Å². The summed E-state index contributed by atoms with van der Waals surface area (Å²) in [4.78, 5) is 2.33. The van der Waals surface area contributed by atoms with Gasteiger partial charge in [0.25, 0.3) is 0 Å². The summed E-state index contributed by atoms with van der Waals surface area (Å²) >= 11 is 0. The van der Waals surface area contributed by atoms with Crippen LogP contribution in [0.5, 0.6) is 0 Å². The number of furan rings is 1. The number of rotatable bonds is 8. The molecule has 0 radical (unpaired) electrons. The van der Waals surface area contributed by atoms with Crippen molar-refractivity contribution in [3.8, 4) is 0 Å². The van der Waals surface area contributed by atoms with Crippen molar-refractivity contribution in [2.45, 2.75) is 39.9 Å². The predicted octanol–water partition coefficient (Wildman–Crippen LogP) is 2.79. The van der Waals surface area contributed by atoms with E-state index in [9.17, 15) is 0 Å². The summed E-state index contributed by atoms with van der Waals surface area (Å²) in [7, 11) is 0. The van der Waals surface area contributed by atoms with Gasteiger partial charge in [-0.05, 0) is 12.6 Å². The summed E-state index contributed by atoms with van der Waals surface area (Å²) in [5, 5.41) is 3.38. The number of nitrogens with one attached hydrogen (secondary N) is 1. The molecule has 0 aliphatic carbocycles. The maximum atomic E-state index is 5.52. The molecule has 17 heavy (non-hydrogen) atoms. The zero-order chi connectivity index (χ0) is 12.7. The van der Waals surface area contributed by atoms with Crippen molar-refractivity contribution < 1.29 is 4.42 Å². The average molecular weight is 236 g/mol. The van der Waals surface area contributed by atoms with Crippen LogP contribution in [0.4, 0.5) is 0 Å². The molecule has 0 spiro atoms. The van der Waals surface area contributed by atoms with Crippen LogP contribution in [-0.4, -0.2) is 24.0 Å². The lowest BCUT2D eigenvalue weighted by Crippen LogP contribution is -2.25. The molecule has 1 aromatic heterocycles. The van der Waals surface area contributed by atoms with Crippen LogP contribution >= 0.6 is 0 Å². The molecule has 0 aliphatic rings. The third kappa shape index (κ3) is 4.75. The van der Waals surface area contributed by atoms with E-state index in [2.05, 4.69) is 43.6 Å². The second-order valence-corrected chi connectivity index (χ2v) is 4.52. The number of hydrogen-bond donors (Lipinski definition) is 1. The van der Waals surface area contributed by atoms with Crippen molar-refractivity contribution in [3.63, 3.8) is 0 Å². The van der Waals surface area contributed by atoms with Gasteiger partial charge in [0, 0.05) is 24.7 Å². The first kappa shape index (κ1) is 14.0. The van der Waals surface area contributed by atoms with Gasteiger partial charge in [0.05, 0.1) is 12.8 Å². The minimum Gasteiger partial charge on any atom is -0.468 e. The van der Waals surface area contributed by atoms with E-state index < -0.39 is 0 Å². The molecule has 1 rings (SSSR count). The molecule has 0 fully saturated rings. The quantitative estimate of drug-likeness (QED) is 0.704. The van der Waals surface area contributed by atoms with Crippen LogP contribution in [0.1, 0.15) is 32.1 Å². The first-order chi connectivity index (χ1) is 8.17. The van der Waals surface area contributed by atoms with E-state index in [4.69, 9.17) is 4.42 Å². The van der Waals surface area contributed by atoms with E-state index in [0.717, 1.165) is 31.9 Å². The molecule has 96 valence electrons. The van der Waals surface area contributed by atoms with Crippen molar-refractivity contribution in [1.29, 1.82) is 0 Å². The molecule has 1 aromatic rings. The topological polar surface area (TPSA) is 28.4 Å². The highest BCUT2D eigenvalue weighted by molar-refractivity contribution is 5.17. The van der Waals surface area contributed by atoms with Crippen molar-refractivity contribution in [2.24, 2.45) is 0 Å². The molecule has 0 unspecified atom stereocenters. The van der Waals surface area contributed by atoms with Gasteiger partial charge in [0.2, 0.25) is 0 Å². The van der Waals surface area contributed by atoms with Gasteiger partial charge >= 0.3 is 0 Å². The SMILES string of the molecule is C=CCN(CC)Cc1ccoc1CNC(C)C. The van der Waals surface area contributed by atoms with E-state index in [-0.39, 0.29) is 0 Å². The zero-order valence-electron chi connectivity index (χ0n) is 11.2. The second-order valence-electron chi connectivity index (χ2n) is 4.52. The molecule has 0 bridgehead atoms. The lowest BCUT2D eigenvalue weighted by molar-refractivity contribution is 0.307. The zero-order valence-corrected chi connectivity index (χ0v) is 11.2. The third-order valence-corrected chi connectivity index (χ3v) is 2.74. The highest BCUT2D eigenvalue weighted by Crippen LogP contribution is 2.13. The molecule has 0 saturated heterocycles. The molecular weight excluding hydrogens is 212 g/mol. The predicted molar refractivity (Wildman–Crippen MR) is 71.8 cm³/mol. The molecule has 3 heteroatoms. The van der Waals surface area contributed by atoms with Crippen LogP contribution in [0.25, 0.3) is 0 Å². The van der Waals surface area contributed by atoms with Crippen LogP contribution in [-0.2, 0) is 13.1 Å². The van der Waals surface area contributed by atoms with Gasteiger partial charge in [-0.15, -0.1) is 6.58 Å². The number of nitrogens with zero attached hydrogens (tertiary/aromatic N) is 1. The smallest absolute Gasteiger partial charge is 0.122 e. The Kier molecular flexibility index (Phi) is 6.01. The minimum absolute atomic E-state index is 0.475. The molecular formula is C14H24N2O. The number of likely N-dealkylation sites (N-methyl/N-ethyl adjacent to an activating group) is 1. The monoisotopic (exact) mass is 236 g/mol. The maximum Gasteiger partial charge on any atom is 0.122 e. The molecule has 0 aromatic carbocycles. The summed E-state index contributed by atoms with van der Waals surface area (Å²) in [6.07, 6.45) is 3.71. The van der Waals surface area contributed by atoms with Gasteiger partial charge in [-0.25, -0.2) is 0 Å². The average Bonchev–Trinajstić information content (AvgIpc) is 2.73. The van der Waals surface area contributed by atoms with E-state index in [1.165, 1.54) is 5.56 Å². The standard InChI is InChI=1S/C14H24N2O/c1-5-8-16(6-2)11-13-7-9-17-14(13)10-15-12(3)4/h5,7,9,12,15H,1,6,8,10-11H2,2-4H3. The molecule has 1 heterocycles. The summed E-state index contributed by atoms with van der Waals surface area (Å²) in [5.41, 5.74) is 1.27. The minimum atomic E-state index is 0.475. The lowest BCUT2D eigenvalue weighted by Gasteiger charge is -2.18. The van der Waals surface area contributed by atoms with Crippen molar-refractivity contribution in [1.82, 2.24) is 10.2 Å². The molecule has 3 nitrogen and oxygen atoms in total. The third-order valence-electron chi connectivity index (χ3n) is 2.74. The molecule has 0 atom stereocenters. The fourth-order valence-corrected chi connectivity index (χ4v) is 1.69. The highest BCUT2D eigenvalue weighted by atomic mass is 16.3. The van der Waals surface area contributed by atoms with Crippen LogP contribution in [0.3, 0.4) is 0 Å². The first-order valence-electron chi connectivity index (χ1n) is 6.29. The Bertz CT molecular complexity index is 331. The second kappa shape index (κ2) is 7.30. The lowest BCUT2D eigenvalue weighted by atomic mass is 10.2.